The summed E-state index contributed by atoms with van der Waals surface area (Å²) in [6.07, 6.45) is 6.32. The summed E-state index contributed by atoms with van der Waals surface area (Å²) >= 11 is -1.63. The quantitative estimate of drug-likeness (QED) is 0.526. The first-order valence-corrected chi connectivity index (χ1v) is 16.3. The fourth-order valence-electron chi connectivity index (χ4n) is 2.16. The second-order valence-corrected chi connectivity index (χ2v) is 21.5. The molecule has 1 aliphatic carbocycles. The van der Waals surface area contributed by atoms with Crippen LogP contribution in [0, 0.1) is 5.92 Å². The molecule has 14 heavy (non-hydrogen) atoms. The van der Waals surface area contributed by atoms with Crippen LogP contribution in [0.25, 0.3) is 0 Å². The molecule has 1 aliphatic rings. The molecule has 0 spiro atoms. The first-order chi connectivity index (χ1) is 6.38. The third kappa shape index (κ3) is 4.20. The van der Waals surface area contributed by atoms with Crippen LogP contribution in [0.2, 0.25) is 19.3 Å². The van der Waals surface area contributed by atoms with Gasteiger partial charge >= 0.3 is 93.5 Å². The van der Waals surface area contributed by atoms with Crippen molar-refractivity contribution in [3.63, 3.8) is 0 Å². The zero-order valence-electron chi connectivity index (χ0n) is 10.2. The van der Waals surface area contributed by atoms with Gasteiger partial charge < -0.3 is 0 Å². The standard InChI is InChI=1S/C10H15.3CH3.Sn/c1-8(2)10-6-4-9(3)5-7-10;;;;/h4,10H,1-2,5-7H2,3H3;3*1H3;/t10-;;;;/m1..../s1. The van der Waals surface area contributed by atoms with Gasteiger partial charge in [-0.25, -0.2) is 0 Å². The molecular weight excluding hydrogens is 275 g/mol. The predicted molar refractivity (Wildman–Crippen MR) is 68.4 cm³/mol. The van der Waals surface area contributed by atoms with E-state index in [9.17, 15) is 0 Å². The summed E-state index contributed by atoms with van der Waals surface area (Å²) in [7, 11) is 0. The summed E-state index contributed by atoms with van der Waals surface area (Å²) in [6.45, 7) is 6.56. The molecule has 0 aromatic heterocycles. The average Bonchev–Trinajstić information content (AvgIpc) is 2.02. The molecule has 1 rings (SSSR count). The van der Waals surface area contributed by atoms with Crippen molar-refractivity contribution in [2.24, 2.45) is 5.92 Å². The second-order valence-electron chi connectivity index (χ2n) is 5.92. The molecule has 0 saturated carbocycles. The molecule has 0 saturated heterocycles. The van der Waals surface area contributed by atoms with E-state index in [0.717, 1.165) is 5.92 Å². The molecule has 0 bridgehead atoms. The molecule has 0 heterocycles. The van der Waals surface area contributed by atoms with Crippen LogP contribution in [0.15, 0.2) is 23.8 Å². The summed E-state index contributed by atoms with van der Waals surface area (Å²) in [5, 5.41) is 0. The van der Waals surface area contributed by atoms with Gasteiger partial charge in [0.15, 0.2) is 0 Å². The van der Waals surface area contributed by atoms with Crippen molar-refractivity contribution in [2.75, 3.05) is 0 Å². The predicted octanol–water partition coefficient (Wildman–Crippen LogP) is 4.63. The van der Waals surface area contributed by atoms with E-state index in [1.54, 1.807) is 11.1 Å². The number of allylic oxidation sites excluding steroid dienone is 3. The molecule has 1 atom stereocenters. The van der Waals surface area contributed by atoms with Crippen molar-refractivity contribution in [3.8, 4) is 0 Å². The number of rotatable bonds is 3. The van der Waals surface area contributed by atoms with Gasteiger partial charge in [-0.2, -0.15) is 0 Å². The molecule has 0 unspecified atom stereocenters. The van der Waals surface area contributed by atoms with E-state index in [1.165, 1.54) is 23.7 Å². The molecule has 0 amide bonds. The summed E-state index contributed by atoms with van der Waals surface area (Å²) in [5.41, 5.74) is 3.13. The van der Waals surface area contributed by atoms with E-state index in [1.807, 2.05) is 0 Å². The van der Waals surface area contributed by atoms with Gasteiger partial charge in [0.2, 0.25) is 0 Å². The van der Waals surface area contributed by atoms with Crippen molar-refractivity contribution in [3.05, 3.63) is 23.8 Å². The Morgan fingerprint density at radius 3 is 2.57 bits per heavy atom. The molecule has 0 aromatic rings. The van der Waals surface area contributed by atoms with Crippen LogP contribution < -0.4 is 0 Å². The van der Waals surface area contributed by atoms with E-state index in [4.69, 9.17) is 0 Å². The van der Waals surface area contributed by atoms with Crippen molar-refractivity contribution >= 4 is 18.4 Å². The van der Waals surface area contributed by atoms with Crippen LogP contribution in [0.4, 0.5) is 0 Å². The van der Waals surface area contributed by atoms with E-state index in [2.05, 4.69) is 34.4 Å². The third-order valence-corrected chi connectivity index (χ3v) is 7.30. The SMILES string of the molecule is C=C([CH2][Sn]([CH3])([CH3])[CH3])[C@@H]1CC=C(C)CC1. The topological polar surface area (TPSA) is 0 Å². The van der Waals surface area contributed by atoms with Crippen LogP contribution in [-0.2, 0) is 0 Å². The summed E-state index contributed by atoms with van der Waals surface area (Å²) < 4.78 is 1.38. The molecule has 1 heteroatoms. The van der Waals surface area contributed by atoms with Crippen LogP contribution in [0.1, 0.15) is 26.2 Å². The molecule has 0 N–H and O–H groups in total. The fraction of sp³-hybridized carbons (Fsp3) is 0.692. The summed E-state index contributed by atoms with van der Waals surface area (Å²) in [6, 6.07) is 0. The number of hydrogen-bond donors (Lipinski definition) is 0. The maximum atomic E-state index is 4.31. The van der Waals surface area contributed by atoms with Crippen LogP contribution >= 0.6 is 0 Å². The van der Waals surface area contributed by atoms with Crippen molar-refractivity contribution in [1.29, 1.82) is 0 Å². The van der Waals surface area contributed by atoms with Gasteiger partial charge in [-0.1, -0.05) is 0 Å². The van der Waals surface area contributed by atoms with Crippen molar-refractivity contribution in [2.45, 2.75) is 45.4 Å². The zero-order chi connectivity index (χ0) is 10.8. The van der Waals surface area contributed by atoms with E-state index >= 15 is 0 Å². The summed E-state index contributed by atoms with van der Waals surface area (Å²) in [4.78, 5) is 7.51. The molecule has 0 aliphatic heterocycles. The monoisotopic (exact) mass is 300 g/mol. The maximum absolute atomic E-state index is 4.31. The van der Waals surface area contributed by atoms with Gasteiger partial charge in [0.05, 0.1) is 0 Å². The minimum absolute atomic E-state index is 0.801. The van der Waals surface area contributed by atoms with Gasteiger partial charge in [-0.05, 0) is 0 Å². The van der Waals surface area contributed by atoms with Gasteiger partial charge in [0, 0.05) is 0 Å². The Morgan fingerprint density at radius 2 is 2.14 bits per heavy atom. The normalized spacial score (nSPS) is 23.1. The molecule has 0 radical (unpaired) electrons. The van der Waals surface area contributed by atoms with Crippen LogP contribution in [0.5, 0.6) is 0 Å². The number of hydrogen-bond acceptors (Lipinski definition) is 0. The van der Waals surface area contributed by atoms with Crippen LogP contribution in [0.3, 0.4) is 0 Å². The Labute approximate surface area is 93.4 Å². The first kappa shape index (κ1) is 12.3. The van der Waals surface area contributed by atoms with E-state index in [-0.39, 0.29) is 0 Å². The molecule has 0 nitrogen and oxygen atoms in total. The van der Waals surface area contributed by atoms with Gasteiger partial charge in [0.25, 0.3) is 0 Å². The summed E-state index contributed by atoms with van der Waals surface area (Å²) in [5.74, 6) is 0.801. The van der Waals surface area contributed by atoms with E-state index in [0.29, 0.717) is 0 Å². The average molecular weight is 299 g/mol. The first-order valence-electron chi connectivity index (χ1n) is 5.72. The Balaban J connectivity index is 2.47. The van der Waals surface area contributed by atoms with Gasteiger partial charge in [-0.15, -0.1) is 0 Å². The Kier molecular flexibility index (Phi) is 4.29. The Bertz CT molecular complexity index is 242. The minimum atomic E-state index is -1.63. The Hall–Kier alpha value is 0.279. The van der Waals surface area contributed by atoms with Gasteiger partial charge in [0.1, 0.15) is 0 Å². The molecule has 0 aromatic carbocycles. The van der Waals surface area contributed by atoms with Crippen molar-refractivity contribution < 1.29 is 0 Å². The fourth-order valence-corrected chi connectivity index (χ4v) is 6.87. The molecule has 0 fully saturated rings. The second kappa shape index (κ2) is 4.87. The van der Waals surface area contributed by atoms with Crippen molar-refractivity contribution in [1.82, 2.24) is 0 Å². The Morgan fingerprint density at radius 1 is 1.50 bits per heavy atom. The molecule has 80 valence electrons. The van der Waals surface area contributed by atoms with Crippen LogP contribution in [-0.4, -0.2) is 18.4 Å². The van der Waals surface area contributed by atoms with E-state index < -0.39 is 18.4 Å². The third-order valence-electron chi connectivity index (χ3n) is 2.97. The van der Waals surface area contributed by atoms with Gasteiger partial charge in [-0.3, -0.25) is 0 Å². The zero-order valence-corrected chi connectivity index (χ0v) is 13.0. The molecular formula is C13H24Sn.